The second-order valence-electron chi connectivity index (χ2n) is 7.83. The Morgan fingerprint density at radius 1 is 1.25 bits per heavy atom. The highest BCUT2D eigenvalue weighted by molar-refractivity contribution is 14.0. The maximum Gasteiger partial charge on any atom is 0.310 e. The maximum atomic E-state index is 12.2. The molecule has 0 aliphatic carbocycles. The molecular weight excluding hydrogens is 523 g/mol. The molecule has 1 aliphatic heterocycles. The average Bonchev–Trinajstić information content (AvgIpc) is 2.78. The third kappa shape index (κ3) is 7.68. The molecule has 2 rings (SSSR count). The molecule has 0 bridgehead atoms. The van der Waals surface area contributed by atoms with E-state index in [9.17, 15) is 4.79 Å². The van der Waals surface area contributed by atoms with Crippen LogP contribution in [0.3, 0.4) is 0 Å². The van der Waals surface area contributed by atoms with E-state index >= 15 is 0 Å². The van der Waals surface area contributed by atoms with Crippen molar-refractivity contribution in [3.8, 4) is 11.5 Å². The van der Waals surface area contributed by atoms with Gasteiger partial charge in [0.1, 0.15) is 0 Å². The molecule has 1 aromatic carbocycles. The van der Waals surface area contributed by atoms with Crippen molar-refractivity contribution in [1.82, 2.24) is 15.1 Å². The fourth-order valence-electron chi connectivity index (χ4n) is 3.85. The van der Waals surface area contributed by atoms with Crippen molar-refractivity contribution in [3.63, 3.8) is 0 Å². The zero-order valence-electron chi connectivity index (χ0n) is 20.2. The molecule has 1 N–H and O–H groups in total. The third-order valence-corrected chi connectivity index (χ3v) is 5.51. The first-order chi connectivity index (χ1) is 14.9. The van der Waals surface area contributed by atoms with E-state index in [2.05, 4.69) is 22.0 Å². The number of carbonyl (C=O) groups is 1. The largest absolute Gasteiger partial charge is 0.493 e. The number of nitrogens with one attached hydrogen (secondary N) is 1. The van der Waals surface area contributed by atoms with Gasteiger partial charge < -0.3 is 29.3 Å². The van der Waals surface area contributed by atoms with Gasteiger partial charge in [-0.05, 0) is 58.5 Å². The summed E-state index contributed by atoms with van der Waals surface area (Å²) in [4.78, 5) is 21.5. The van der Waals surface area contributed by atoms with Crippen LogP contribution in [0.5, 0.6) is 11.5 Å². The summed E-state index contributed by atoms with van der Waals surface area (Å²) in [6.45, 7) is 7.17. The van der Waals surface area contributed by atoms with E-state index in [1.807, 2.05) is 39.2 Å². The molecule has 182 valence electrons. The third-order valence-electron chi connectivity index (χ3n) is 5.51. The molecule has 8 nitrogen and oxygen atoms in total. The molecule has 0 radical (unpaired) electrons. The predicted octanol–water partition coefficient (Wildman–Crippen LogP) is 3.17. The molecule has 2 unspecified atom stereocenters. The number of esters is 1. The van der Waals surface area contributed by atoms with Crippen molar-refractivity contribution in [1.29, 1.82) is 0 Å². The van der Waals surface area contributed by atoms with Gasteiger partial charge in [-0.2, -0.15) is 0 Å². The quantitative estimate of drug-likeness (QED) is 0.215. The van der Waals surface area contributed by atoms with Crippen molar-refractivity contribution in [2.45, 2.75) is 32.7 Å². The Kier molecular flexibility index (Phi) is 12.7. The number of ether oxygens (including phenoxy) is 3. The summed E-state index contributed by atoms with van der Waals surface area (Å²) in [5.41, 5.74) is 1.10. The van der Waals surface area contributed by atoms with Crippen LogP contribution in [0.2, 0.25) is 0 Å². The van der Waals surface area contributed by atoms with Gasteiger partial charge in [0.15, 0.2) is 17.5 Å². The Bertz CT molecular complexity index is 745. The molecule has 1 heterocycles. The lowest BCUT2D eigenvalue weighted by molar-refractivity contribution is -0.149. The van der Waals surface area contributed by atoms with Crippen LogP contribution in [0.4, 0.5) is 0 Å². The Hall–Kier alpha value is -1.75. The molecule has 1 saturated heterocycles. The number of likely N-dealkylation sites (tertiary alicyclic amines) is 1. The molecule has 1 fully saturated rings. The first-order valence-corrected chi connectivity index (χ1v) is 11.0. The van der Waals surface area contributed by atoms with Crippen molar-refractivity contribution in [2.24, 2.45) is 10.9 Å². The van der Waals surface area contributed by atoms with Gasteiger partial charge in [-0.25, -0.2) is 0 Å². The van der Waals surface area contributed by atoms with E-state index in [1.165, 1.54) is 0 Å². The van der Waals surface area contributed by atoms with Gasteiger partial charge in [0.25, 0.3) is 0 Å². The molecule has 0 spiro atoms. The summed E-state index contributed by atoms with van der Waals surface area (Å²) in [5, 5.41) is 3.39. The minimum absolute atomic E-state index is 0. The lowest BCUT2D eigenvalue weighted by Crippen LogP contribution is -2.48. The summed E-state index contributed by atoms with van der Waals surface area (Å²) in [6.07, 6.45) is 1.81. The van der Waals surface area contributed by atoms with E-state index in [4.69, 9.17) is 19.2 Å². The summed E-state index contributed by atoms with van der Waals surface area (Å²) < 4.78 is 16.1. The van der Waals surface area contributed by atoms with Crippen molar-refractivity contribution in [2.75, 3.05) is 61.1 Å². The monoisotopic (exact) mass is 562 g/mol. The lowest BCUT2D eigenvalue weighted by atomic mass is 9.98. The van der Waals surface area contributed by atoms with E-state index in [1.54, 1.807) is 14.2 Å². The topological polar surface area (TPSA) is 75.6 Å². The highest BCUT2D eigenvalue weighted by Gasteiger charge is 2.28. The minimum Gasteiger partial charge on any atom is -0.493 e. The fraction of sp³-hybridized carbons (Fsp3) is 0.652. The van der Waals surface area contributed by atoms with Crippen LogP contribution < -0.4 is 14.8 Å². The molecule has 1 aliphatic rings. The smallest absolute Gasteiger partial charge is 0.310 e. The first-order valence-electron chi connectivity index (χ1n) is 11.0. The minimum atomic E-state index is -0.112. The van der Waals surface area contributed by atoms with Gasteiger partial charge >= 0.3 is 5.97 Å². The van der Waals surface area contributed by atoms with Gasteiger partial charge in [-0.1, -0.05) is 6.07 Å². The first kappa shape index (κ1) is 28.3. The van der Waals surface area contributed by atoms with Crippen LogP contribution in [-0.2, 0) is 9.53 Å². The van der Waals surface area contributed by atoms with Crippen LogP contribution in [-0.4, -0.2) is 82.8 Å². The van der Waals surface area contributed by atoms with E-state index in [0.717, 1.165) is 37.5 Å². The average molecular weight is 562 g/mol. The molecular formula is C23H39IN4O4. The number of guanidine groups is 1. The molecule has 1 aromatic rings. The van der Waals surface area contributed by atoms with E-state index < -0.39 is 0 Å². The zero-order chi connectivity index (χ0) is 22.8. The molecule has 32 heavy (non-hydrogen) atoms. The Labute approximate surface area is 209 Å². The Balaban J connectivity index is 0.00000512. The van der Waals surface area contributed by atoms with Crippen LogP contribution in [0.1, 0.15) is 38.3 Å². The normalized spacial score (nSPS) is 17.4. The predicted molar refractivity (Wildman–Crippen MR) is 138 cm³/mol. The van der Waals surface area contributed by atoms with Crippen LogP contribution >= 0.6 is 24.0 Å². The van der Waals surface area contributed by atoms with Crippen molar-refractivity contribution >= 4 is 35.9 Å². The number of rotatable bonds is 9. The highest BCUT2D eigenvalue weighted by atomic mass is 127. The number of likely N-dealkylation sites (N-methyl/N-ethyl adjacent to an activating group) is 1. The van der Waals surface area contributed by atoms with Gasteiger partial charge in [0.05, 0.1) is 39.3 Å². The molecule has 0 aromatic heterocycles. The number of hydrogen-bond acceptors (Lipinski definition) is 6. The maximum absolute atomic E-state index is 12.2. The summed E-state index contributed by atoms with van der Waals surface area (Å²) in [7, 11) is 7.36. The van der Waals surface area contributed by atoms with Crippen molar-refractivity contribution in [3.05, 3.63) is 23.8 Å². The number of piperidine rings is 1. The molecule has 0 saturated carbocycles. The molecule has 2 atom stereocenters. The number of benzene rings is 1. The second kappa shape index (κ2) is 14.4. The van der Waals surface area contributed by atoms with Gasteiger partial charge in [0, 0.05) is 19.6 Å². The Morgan fingerprint density at radius 3 is 2.56 bits per heavy atom. The number of nitrogens with zero attached hydrogens (tertiary/aromatic N) is 3. The molecule has 0 amide bonds. The lowest BCUT2D eigenvalue weighted by Gasteiger charge is -2.34. The number of methoxy groups -OCH3 is 2. The summed E-state index contributed by atoms with van der Waals surface area (Å²) in [6, 6.07) is 6.04. The van der Waals surface area contributed by atoms with Gasteiger partial charge in [-0.3, -0.25) is 9.79 Å². The van der Waals surface area contributed by atoms with Gasteiger partial charge in [-0.15, -0.1) is 24.0 Å². The van der Waals surface area contributed by atoms with Gasteiger partial charge in [0.2, 0.25) is 0 Å². The number of aliphatic imine (C=N–C) groups is 1. The van der Waals surface area contributed by atoms with E-state index in [-0.39, 0.29) is 41.9 Å². The SMILES string of the molecule is CCNC(=NCC(c1ccc(OC)c(OC)c1)N(C)C)N1CCCC(C(=O)OCC)C1.I. The second-order valence-corrected chi connectivity index (χ2v) is 7.83. The van der Waals surface area contributed by atoms with Crippen LogP contribution in [0.15, 0.2) is 23.2 Å². The Morgan fingerprint density at radius 2 is 1.97 bits per heavy atom. The highest BCUT2D eigenvalue weighted by Crippen LogP contribution is 2.31. The number of carbonyl (C=O) groups excluding carboxylic acids is 1. The summed E-state index contributed by atoms with van der Waals surface area (Å²) in [5.74, 6) is 2.03. The number of halogens is 1. The summed E-state index contributed by atoms with van der Waals surface area (Å²) >= 11 is 0. The fourth-order valence-corrected chi connectivity index (χ4v) is 3.85. The number of hydrogen-bond donors (Lipinski definition) is 1. The van der Waals surface area contributed by atoms with Crippen LogP contribution in [0.25, 0.3) is 0 Å². The standard InChI is InChI=1S/C23H38N4O4.HI/c1-7-24-23(27-13-9-10-18(16-27)22(28)31-8-2)25-15-19(26(3)4)17-11-12-20(29-5)21(14-17)30-6;/h11-12,14,18-19H,7-10,13,15-16H2,1-6H3,(H,24,25);1H. The zero-order valence-corrected chi connectivity index (χ0v) is 22.5. The van der Waals surface area contributed by atoms with E-state index in [0.29, 0.717) is 31.2 Å². The van der Waals surface area contributed by atoms with Crippen molar-refractivity contribution < 1.29 is 19.0 Å². The molecule has 9 heteroatoms. The van der Waals surface area contributed by atoms with Crippen LogP contribution in [0, 0.1) is 5.92 Å².